The van der Waals surface area contributed by atoms with Crippen LogP contribution in [0, 0.1) is 6.92 Å². The van der Waals surface area contributed by atoms with Gasteiger partial charge in [-0.05, 0) is 43.2 Å². The minimum absolute atomic E-state index is 0.232. The van der Waals surface area contributed by atoms with E-state index in [0.717, 1.165) is 16.7 Å². The number of methoxy groups -OCH3 is 1. The van der Waals surface area contributed by atoms with Gasteiger partial charge < -0.3 is 14.8 Å². The first-order valence-corrected chi connectivity index (χ1v) is 8.72. The van der Waals surface area contributed by atoms with Crippen LogP contribution in [0.5, 0.6) is 11.5 Å². The second kappa shape index (κ2) is 7.95. The molecule has 1 aliphatic heterocycles. The summed E-state index contributed by atoms with van der Waals surface area (Å²) in [5, 5.41) is 2.64. The third kappa shape index (κ3) is 4.11. The molecule has 1 N–H and O–H groups in total. The number of urea groups is 1. The van der Waals surface area contributed by atoms with Crippen LogP contribution in [0.25, 0.3) is 6.08 Å². The number of hydrogen-bond acceptors (Lipinski definition) is 4. The fourth-order valence-corrected chi connectivity index (χ4v) is 2.92. The van der Waals surface area contributed by atoms with E-state index in [2.05, 4.69) is 5.32 Å². The lowest BCUT2D eigenvalue weighted by molar-refractivity contribution is -0.123. The van der Waals surface area contributed by atoms with E-state index in [4.69, 9.17) is 9.47 Å². The average molecular weight is 366 g/mol. The van der Waals surface area contributed by atoms with Crippen molar-refractivity contribution in [2.24, 2.45) is 0 Å². The highest BCUT2D eigenvalue weighted by Crippen LogP contribution is 2.29. The number of nitrogens with zero attached hydrogens (tertiary/aromatic N) is 1. The average Bonchev–Trinajstić information content (AvgIpc) is 2.90. The third-order valence-electron chi connectivity index (χ3n) is 4.18. The highest BCUT2D eigenvalue weighted by Gasteiger charge is 2.33. The highest BCUT2D eigenvalue weighted by molar-refractivity contribution is 6.13. The molecule has 1 aliphatic rings. The van der Waals surface area contributed by atoms with Gasteiger partial charge in [-0.15, -0.1) is 0 Å². The van der Waals surface area contributed by atoms with Gasteiger partial charge in [0.1, 0.15) is 5.70 Å². The van der Waals surface area contributed by atoms with Crippen LogP contribution in [-0.2, 0) is 11.3 Å². The maximum Gasteiger partial charge on any atom is 0.329 e. The summed E-state index contributed by atoms with van der Waals surface area (Å²) in [5.41, 5.74) is 2.95. The van der Waals surface area contributed by atoms with Crippen LogP contribution in [0.3, 0.4) is 0 Å². The number of carbonyl (C=O) groups excluding carboxylic acids is 2. The molecular formula is C21H22N2O4. The number of imide groups is 1. The fraction of sp³-hybridized carbons (Fsp3) is 0.238. The van der Waals surface area contributed by atoms with Gasteiger partial charge in [-0.2, -0.15) is 0 Å². The molecule has 0 aromatic heterocycles. The van der Waals surface area contributed by atoms with E-state index in [1.165, 1.54) is 4.90 Å². The van der Waals surface area contributed by atoms with E-state index >= 15 is 0 Å². The second-order valence-corrected chi connectivity index (χ2v) is 6.21. The molecule has 2 aromatic carbocycles. The predicted octanol–water partition coefficient (Wildman–Crippen LogP) is 3.50. The Bertz CT molecular complexity index is 905. The summed E-state index contributed by atoms with van der Waals surface area (Å²) in [7, 11) is 1.56. The zero-order valence-corrected chi connectivity index (χ0v) is 15.6. The summed E-state index contributed by atoms with van der Waals surface area (Å²) < 4.78 is 10.8. The first kappa shape index (κ1) is 18.5. The number of carbonyl (C=O) groups is 2. The van der Waals surface area contributed by atoms with E-state index in [-0.39, 0.29) is 18.1 Å². The molecule has 27 heavy (non-hydrogen) atoms. The van der Waals surface area contributed by atoms with E-state index in [1.807, 2.05) is 44.2 Å². The monoisotopic (exact) mass is 366 g/mol. The molecule has 140 valence electrons. The summed E-state index contributed by atoms with van der Waals surface area (Å²) >= 11 is 0. The number of nitrogens with one attached hydrogen (secondary N) is 1. The van der Waals surface area contributed by atoms with Crippen molar-refractivity contribution < 1.29 is 19.1 Å². The first-order valence-electron chi connectivity index (χ1n) is 8.72. The van der Waals surface area contributed by atoms with Gasteiger partial charge in [-0.25, -0.2) is 4.79 Å². The van der Waals surface area contributed by atoms with Crippen molar-refractivity contribution in [1.82, 2.24) is 10.2 Å². The molecule has 6 heteroatoms. The number of amides is 3. The Balaban J connectivity index is 1.81. The van der Waals surface area contributed by atoms with Gasteiger partial charge >= 0.3 is 6.03 Å². The molecule has 2 aromatic rings. The van der Waals surface area contributed by atoms with Crippen LogP contribution in [0.1, 0.15) is 23.6 Å². The van der Waals surface area contributed by atoms with Crippen molar-refractivity contribution in [3.63, 3.8) is 0 Å². The van der Waals surface area contributed by atoms with Crippen molar-refractivity contribution in [3.8, 4) is 11.5 Å². The molecule has 0 unspecified atom stereocenters. The molecule has 1 fully saturated rings. The lowest BCUT2D eigenvalue weighted by atomic mass is 10.1. The number of aryl methyl sites for hydroxylation is 1. The minimum atomic E-state index is -0.425. The second-order valence-electron chi connectivity index (χ2n) is 6.21. The SMILES string of the molecule is CCOc1ccc(/C=C2/NC(=O)N(Cc3cccc(C)c3)C2=O)cc1OC. The topological polar surface area (TPSA) is 67.9 Å². The molecule has 1 heterocycles. The van der Waals surface area contributed by atoms with Gasteiger partial charge in [0.05, 0.1) is 20.3 Å². The van der Waals surface area contributed by atoms with Crippen LogP contribution in [0.15, 0.2) is 48.2 Å². The van der Waals surface area contributed by atoms with E-state index in [1.54, 1.807) is 25.3 Å². The molecule has 0 atom stereocenters. The smallest absolute Gasteiger partial charge is 0.329 e. The van der Waals surface area contributed by atoms with Gasteiger partial charge in [0.25, 0.3) is 5.91 Å². The Morgan fingerprint density at radius 2 is 1.93 bits per heavy atom. The Morgan fingerprint density at radius 1 is 1.11 bits per heavy atom. The van der Waals surface area contributed by atoms with Gasteiger partial charge in [0, 0.05) is 0 Å². The molecule has 6 nitrogen and oxygen atoms in total. The van der Waals surface area contributed by atoms with Gasteiger partial charge in [-0.1, -0.05) is 35.9 Å². The van der Waals surface area contributed by atoms with Gasteiger partial charge in [-0.3, -0.25) is 9.69 Å². The molecule has 0 spiro atoms. The zero-order valence-electron chi connectivity index (χ0n) is 15.6. The molecule has 0 aliphatic carbocycles. The largest absolute Gasteiger partial charge is 0.493 e. The molecule has 3 rings (SSSR count). The van der Waals surface area contributed by atoms with Crippen molar-refractivity contribution in [3.05, 3.63) is 64.9 Å². The Hall–Kier alpha value is -3.28. The Morgan fingerprint density at radius 3 is 2.63 bits per heavy atom. The van der Waals surface area contributed by atoms with Gasteiger partial charge in [0.15, 0.2) is 11.5 Å². The van der Waals surface area contributed by atoms with Crippen molar-refractivity contribution in [1.29, 1.82) is 0 Å². The van der Waals surface area contributed by atoms with Crippen molar-refractivity contribution in [2.75, 3.05) is 13.7 Å². The number of hydrogen-bond donors (Lipinski definition) is 1. The van der Waals surface area contributed by atoms with E-state index in [9.17, 15) is 9.59 Å². The maximum atomic E-state index is 12.7. The quantitative estimate of drug-likeness (QED) is 0.628. The third-order valence-corrected chi connectivity index (χ3v) is 4.18. The molecule has 1 saturated heterocycles. The molecule has 0 bridgehead atoms. The zero-order chi connectivity index (χ0) is 19.4. The summed E-state index contributed by atoms with van der Waals surface area (Å²) in [6, 6.07) is 12.7. The van der Waals surface area contributed by atoms with E-state index in [0.29, 0.717) is 18.1 Å². The highest BCUT2D eigenvalue weighted by atomic mass is 16.5. The summed E-state index contributed by atoms with van der Waals surface area (Å²) in [6.45, 7) is 4.63. The molecule has 0 saturated carbocycles. The van der Waals surface area contributed by atoms with Crippen molar-refractivity contribution in [2.45, 2.75) is 20.4 Å². The number of rotatable bonds is 6. The van der Waals surface area contributed by atoms with Crippen LogP contribution in [0.2, 0.25) is 0 Å². The van der Waals surface area contributed by atoms with E-state index < -0.39 is 6.03 Å². The van der Waals surface area contributed by atoms with Crippen LogP contribution < -0.4 is 14.8 Å². The predicted molar refractivity (Wildman–Crippen MR) is 102 cm³/mol. The Labute approximate surface area is 158 Å². The minimum Gasteiger partial charge on any atom is -0.493 e. The standard InChI is InChI=1S/C21H22N2O4/c1-4-27-18-9-8-15(12-19(18)26-3)11-17-20(24)23(21(25)22-17)13-16-7-5-6-14(2)10-16/h5-12H,4,13H2,1-3H3,(H,22,25)/b17-11+. The van der Waals surface area contributed by atoms with Crippen molar-refractivity contribution >= 4 is 18.0 Å². The Kier molecular flexibility index (Phi) is 5.45. The molecule has 0 radical (unpaired) electrons. The summed E-state index contributed by atoms with van der Waals surface area (Å²) in [6.07, 6.45) is 1.63. The molecule has 3 amide bonds. The number of ether oxygens (including phenoxy) is 2. The summed E-state index contributed by atoms with van der Waals surface area (Å²) in [5.74, 6) is 0.846. The lowest BCUT2D eigenvalue weighted by Gasteiger charge is -2.12. The van der Waals surface area contributed by atoms with Gasteiger partial charge in [0.2, 0.25) is 0 Å². The summed E-state index contributed by atoms with van der Waals surface area (Å²) in [4.78, 5) is 26.1. The van der Waals surface area contributed by atoms with Crippen LogP contribution in [0.4, 0.5) is 4.79 Å². The first-order chi connectivity index (χ1) is 13.0. The van der Waals surface area contributed by atoms with Crippen LogP contribution >= 0.6 is 0 Å². The fourth-order valence-electron chi connectivity index (χ4n) is 2.92. The molecular weight excluding hydrogens is 344 g/mol. The maximum absolute atomic E-state index is 12.7. The number of benzene rings is 2. The van der Waals surface area contributed by atoms with Crippen LogP contribution in [-0.4, -0.2) is 30.6 Å². The lowest BCUT2D eigenvalue weighted by Crippen LogP contribution is -2.30. The normalized spacial score (nSPS) is 15.2.